The molecule has 0 saturated carbocycles. The first-order valence-corrected chi connectivity index (χ1v) is 11.5. The molecule has 0 bridgehead atoms. The van der Waals surface area contributed by atoms with E-state index in [1.54, 1.807) is 72.8 Å². The highest BCUT2D eigenvalue weighted by Gasteiger charge is 2.39. The number of hydrogen-bond acceptors (Lipinski definition) is 5. The minimum atomic E-state index is -0.796. The monoisotopic (exact) mass is 488 g/mol. The molecule has 2 aliphatic heterocycles. The van der Waals surface area contributed by atoms with Crippen molar-refractivity contribution in [3.63, 3.8) is 0 Å². The SMILES string of the molecule is O=C1C(=O)N(C(=O)c2ccccc2)c2ccccc21.O=C1C(=O)N(Cc2ccccc2)c2ccccc21. The van der Waals surface area contributed by atoms with Gasteiger partial charge in [0, 0.05) is 5.56 Å². The lowest BCUT2D eigenvalue weighted by molar-refractivity contribution is -0.114. The molecule has 4 aromatic rings. The minimum absolute atomic E-state index is 0.275. The number of hydrogen-bond donors (Lipinski definition) is 0. The second-order valence-electron chi connectivity index (χ2n) is 8.38. The predicted molar refractivity (Wildman–Crippen MR) is 137 cm³/mol. The quantitative estimate of drug-likeness (QED) is 0.313. The van der Waals surface area contributed by atoms with E-state index < -0.39 is 29.3 Å². The van der Waals surface area contributed by atoms with Gasteiger partial charge in [0.05, 0.1) is 29.0 Å². The zero-order valence-electron chi connectivity index (χ0n) is 19.5. The molecule has 2 heterocycles. The molecule has 3 amide bonds. The van der Waals surface area contributed by atoms with Gasteiger partial charge >= 0.3 is 5.91 Å². The fourth-order valence-electron chi connectivity index (χ4n) is 4.27. The van der Waals surface area contributed by atoms with Crippen molar-refractivity contribution in [1.82, 2.24) is 0 Å². The molecule has 4 aromatic carbocycles. The number of nitrogens with zero attached hydrogens (tertiary/aromatic N) is 2. The number of amides is 3. The van der Waals surface area contributed by atoms with Crippen LogP contribution in [0.5, 0.6) is 0 Å². The number of benzene rings is 4. The van der Waals surface area contributed by atoms with E-state index in [-0.39, 0.29) is 5.56 Å². The zero-order chi connectivity index (χ0) is 25.9. The molecule has 0 atom stereocenters. The summed E-state index contributed by atoms with van der Waals surface area (Å²) in [6, 6.07) is 31.7. The Balaban J connectivity index is 0.000000152. The molecule has 37 heavy (non-hydrogen) atoms. The summed E-state index contributed by atoms with van der Waals surface area (Å²) in [5.74, 6) is -2.78. The Morgan fingerprint density at radius 1 is 0.541 bits per heavy atom. The van der Waals surface area contributed by atoms with E-state index in [1.165, 1.54) is 4.90 Å². The minimum Gasteiger partial charge on any atom is -0.300 e. The summed E-state index contributed by atoms with van der Waals surface area (Å²) in [6.07, 6.45) is 0. The third-order valence-corrected chi connectivity index (χ3v) is 6.07. The topological polar surface area (TPSA) is 91.8 Å². The second kappa shape index (κ2) is 9.83. The van der Waals surface area contributed by atoms with Crippen LogP contribution in [0.2, 0.25) is 0 Å². The van der Waals surface area contributed by atoms with Gasteiger partial charge in [-0.3, -0.25) is 24.0 Å². The van der Waals surface area contributed by atoms with Crippen LogP contribution in [0.1, 0.15) is 36.6 Å². The highest BCUT2D eigenvalue weighted by molar-refractivity contribution is 6.57. The lowest BCUT2D eigenvalue weighted by atomic mass is 10.1. The van der Waals surface area contributed by atoms with E-state index in [1.807, 2.05) is 36.4 Å². The first-order valence-electron chi connectivity index (χ1n) is 11.5. The molecule has 0 saturated heterocycles. The molecule has 0 aromatic heterocycles. The Morgan fingerprint density at radius 2 is 1.03 bits per heavy atom. The van der Waals surface area contributed by atoms with Gasteiger partial charge in [0.15, 0.2) is 0 Å². The number of imide groups is 1. The van der Waals surface area contributed by atoms with Crippen molar-refractivity contribution in [3.8, 4) is 0 Å². The van der Waals surface area contributed by atoms with Crippen molar-refractivity contribution in [2.45, 2.75) is 6.54 Å². The lowest BCUT2D eigenvalue weighted by Gasteiger charge is -2.16. The Hall–Kier alpha value is -5.17. The van der Waals surface area contributed by atoms with Gasteiger partial charge in [-0.05, 0) is 42.0 Å². The summed E-state index contributed by atoms with van der Waals surface area (Å²) in [4.78, 5) is 62.3. The van der Waals surface area contributed by atoms with E-state index in [9.17, 15) is 24.0 Å². The van der Waals surface area contributed by atoms with Gasteiger partial charge in [0.2, 0.25) is 0 Å². The van der Waals surface area contributed by atoms with Crippen molar-refractivity contribution in [1.29, 1.82) is 0 Å². The molecule has 0 spiro atoms. The molecule has 0 fully saturated rings. The van der Waals surface area contributed by atoms with Crippen LogP contribution < -0.4 is 9.80 Å². The maximum atomic E-state index is 12.3. The van der Waals surface area contributed by atoms with Crippen molar-refractivity contribution in [2.75, 3.05) is 9.80 Å². The number of anilines is 2. The summed E-state index contributed by atoms with van der Waals surface area (Å²) in [5, 5.41) is 0. The molecule has 2 aliphatic rings. The molecule has 7 heteroatoms. The molecule has 0 N–H and O–H groups in total. The Morgan fingerprint density at radius 3 is 1.68 bits per heavy atom. The molecule has 6 rings (SSSR count). The van der Waals surface area contributed by atoms with E-state index >= 15 is 0 Å². The van der Waals surface area contributed by atoms with Crippen LogP contribution in [-0.4, -0.2) is 29.3 Å². The molecule has 180 valence electrons. The highest BCUT2D eigenvalue weighted by Crippen LogP contribution is 2.30. The average Bonchev–Trinajstić information content (AvgIpc) is 3.34. The standard InChI is InChI=1S/C15H9NO3.C15H11NO2/c17-13-11-8-4-5-9-12(11)16(15(13)19)14(18)10-6-2-1-3-7-10;17-14-12-8-4-5-9-13(12)16(15(14)18)10-11-6-2-1-3-7-11/h1-9H;1-9H,10H2. The average molecular weight is 488 g/mol. The molecular formula is C30H20N2O5. The second-order valence-corrected chi connectivity index (χ2v) is 8.38. The number of carbonyl (C=O) groups excluding carboxylic acids is 5. The Kier molecular flexibility index (Phi) is 6.26. The summed E-state index contributed by atoms with van der Waals surface area (Å²) in [6.45, 7) is 0.433. The predicted octanol–water partition coefficient (Wildman–Crippen LogP) is 4.47. The number of fused-ring (bicyclic) bond motifs is 2. The van der Waals surface area contributed by atoms with E-state index in [4.69, 9.17) is 0 Å². The van der Waals surface area contributed by atoms with Crippen LogP contribution in [0.3, 0.4) is 0 Å². The summed E-state index contributed by atoms with van der Waals surface area (Å²) in [5.41, 5.74) is 3.22. The van der Waals surface area contributed by atoms with Crippen LogP contribution in [0.4, 0.5) is 11.4 Å². The van der Waals surface area contributed by atoms with Crippen molar-refractivity contribution < 1.29 is 24.0 Å². The van der Waals surface area contributed by atoms with Gasteiger partial charge in [-0.1, -0.05) is 72.8 Å². The highest BCUT2D eigenvalue weighted by atomic mass is 16.2. The van der Waals surface area contributed by atoms with E-state index in [0.29, 0.717) is 29.0 Å². The maximum absolute atomic E-state index is 12.3. The lowest BCUT2D eigenvalue weighted by Crippen LogP contribution is -2.35. The molecule has 7 nitrogen and oxygen atoms in total. The summed E-state index contributed by atoms with van der Waals surface area (Å²) < 4.78 is 0. The number of Topliss-reactive ketones (excluding diaryl/α,β-unsaturated/α-hetero) is 2. The third kappa shape index (κ3) is 4.34. The number of para-hydroxylation sites is 2. The first-order chi connectivity index (χ1) is 18.0. The van der Waals surface area contributed by atoms with Crippen molar-refractivity contribution >= 4 is 40.7 Å². The van der Waals surface area contributed by atoms with Crippen LogP contribution >= 0.6 is 0 Å². The fourth-order valence-corrected chi connectivity index (χ4v) is 4.27. The van der Waals surface area contributed by atoms with E-state index in [2.05, 4.69) is 0 Å². The van der Waals surface area contributed by atoms with Gasteiger partial charge < -0.3 is 4.90 Å². The number of rotatable bonds is 3. The first kappa shape index (κ1) is 23.6. The van der Waals surface area contributed by atoms with Crippen LogP contribution in [0, 0.1) is 0 Å². The van der Waals surface area contributed by atoms with Crippen LogP contribution in [0.15, 0.2) is 109 Å². The van der Waals surface area contributed by atoms with Crippen LogP contribution in [-0.2, 0) is 16.1 Å². The van der Waals surface area contributed by atoms with Crippen LogP contribution in [0.25, 0.3) is 0 Å². The Bertz CT molecular complexity index is 1550. The largest absolute Gasteiger partial charge is 0.306 e. The number of carbonyl (C=O) groups is 5. The van der Waals surface area contributed by atoms with E-state index in [0.717, 1.165) is 10.5 Å². The smallest absolute Gasteiger partial charge is 0.300 e. The number of ketones is 2. The molecular weight excluding hydrogens is 468 g/mol. The van der Waals surface area contributed by atoms with Crippen molar-refractivity contribution in [3.05, 3.63) is 131 Å². The van der Waals surface area contributed by atoms with Gasteiger partial charge in [-0.25, -0.2) is 4.90 Å². The van der Waals surface area contributed by atoms with Gasteiger partial charge in [0.1, 0.15) is 0 Å². The molecule has 0 unspecified atom stereocenters. The Labute approximate surface area is 212 Å². The van der Waals surface area contributed by atoms with Gasteiger partial charge in [-0.15, -0.1) is 0 Å². The fraction of sp³-hybridized carbons (Fsp3) is 0.0333. The maximum Gasteiger partial charge on any atom is 0.306 e. The molecule has 0 aliphatic carbocycles. The summed E-state index contributed by atoms with van der Waals surface area (Å²) in [7, 11) is 0. The third-order valence-electron chi connectivity index (χ3n) is 6.07. The van der Waals surface area contributed by atoms with Gasteiger partial charge in [-0.2, -0.15) is 0 Å². The molecule has 0 radical (unpaired) electrons. The summed E-state index contributed by atoms with van der Waals surface area (Å²) >= 11 is 0. The van der Waals surface area contributed by atoms with Crippen molar-refractivity contribution in [2.24, 2.45) is 0 Å². The van der Waals surface area contributed by atoms with Gasteiger partial charge in [0.25, 0.3) is 23.4 Å². The zero-order valence-corrected chi connectivity index (χ0v) is 19.5. The normalized spacial score (nSPS) is 13.7.